The van der Waals surface area contributed by atoms with E-state index in [4.69, 9.17) is 9.47 Å². The highest BCUT2D eigenvalue weighted by atomic mass is 32.1. The van der Waals surface area contributed by atoms with Crippen LogP contribution in [0.15, 0.2) is 54.6 Å². The van der Waals surface area contributed by atoms with Crippen LogP contribution in [0.25, 0.3) is 32.2 Å². The van der Waals surface area contributed by atoms with Crippen LogP contribution in [0.5, 0.6) is 5.75 Å². The fraction of sp³-hybridized carbons (Fsp3) is 0.280. The van der Waals surface area contributed by atoms with Crippen molar-refractivity contribution in [3.8, 4) is 16.9 Å². The highest BCUT2D eigenvalue weighted by Gasteiger charge is 2.25. The third kappa shape index (κ3) is 3.97. The predicted molar refractivity (Wildman–Crippen MR) is 134 cm³/mol. The summed E-state index contributed by atoms with van der Waals surface area (Å²) in [5.74, 6) is 1.76. The zero-order chi connectivity index (χ0) is 23.1. The van der Waals surface area contributed by atoms with Gasteiger partial charge in [-0.05, 0) is 35.9 Å². The Hall–Kier alpha value is -3.56. The lowest BCUT2D eigenvalue weighted by Gasteiger charge is -2.30. The number of thiazole rings is 1. The fourth-order valence-electron chi connectivity index (χ4n) is 4.35. The molecule has 9 heteroatoms. The van der Waals surface area contributed by atoms with Gasteiger partial charge in [0.05, 0.1) is 46.0 Å². The van der Waals surface area contributed by atoms with Gasteiger partial charge in [0.15, 0.2) is 0 Å². The van der Waals surface area contributed by atoms with Gasteiger partial charge in [0.2, 0.25) is 0 Å². The lowest BCUT2D eigenvalue weighted by Crippen LogP contribution is -2.34. The summed E-state index contributed by atoms with van der Waals surface area (Å²) in [7, 11) is 1.91. The molecule has 2 atom stereocenters. The number of aromatic nitrogens is 5. The number of rotatable bonds is 5. The van der Waals surface area contributed by atoms with Gasteiger partial charge in [-0.1, -0.05) is 6.92 Å². The fourth-order valence-corrected chi connectivity index (χ4v) is 5.06. The molecule has 1 N–H and O–H groups in total. The van der Waals surface area contributed by atoms with Crippen molar-refractivity contribution < 1.29 is 9.47 Å². The van der Waals surface area contributed by atoms with Crippen LogP contribution >= 0.6 is 11.3 Å². The van der Waals surface area contributed by atoms with Gasteiger partial charge in [-0.25, -0.2) is 15.0 Å². The molecule has 0 aliphatic carbocycles. The van der Waals surface area contributed by atoms with Gasteiger partial charge < -0.3 is 14.8 Å². The Balaban J connectivity index is 1.46. The number of nitrogens with one attached hydrogen (secondary N) is 1. The Morgan fingerprint density at radius 3 is 2.91 bits per heavy atom. The largest absolute Gasteiger partial charge is 0.489 e. The van der Waals surface area contributed by atoms with Crippen LogP contribution in [0.3, 0.4) is 0 Å². The number of hydrogen-bond acceptors (Lipinski definition) is 8. The van der Waals surface area contributed by atoms with Crippen LogP contribution in [-0.4, -0.2) is 44.1 Å². The van der Waals surface area contributed by atoms with Crippen LogP contribution in [-0.2, 0) is 11.8 Å². The number of anilines is 2. The molecule has 1 fully saturated rings. The van der Waals surface area contributed by atoms with Crippen LogP contribution in [0.4, 0.5) is 11.5 Å². The minimum Gasteiger partial charge on any atom is -0.489 e. The lowest BCUT2D eigenvalue weighted by atomic mass is 10.00. The van der Waals surface area contributed by atoms with Gasteiger partial charge in [0.25, 0.3) is 0 Å². The molecule has 0 amide bonds. The smallest absolute Gasteiger partial charge is 0.145 e. The summed E-state index contributed by atoms with van der Waals surface area (Å²) in [6.07, 6.45) is 6.34. The maximum atomic E-state index is 6.65. The van der Waals surface area contributed by atoms with Gasteiger partial charge in [-0.15, -0.1) is 11.3 Å². The van der Waals surface area contributed by atoms with E-state index in [1.165, 1.54) is 0 Å². The average molecular weight is 473 g/mol. The average Bonchev–Trinajstić information content (AvgIpc) is 3.49. The second kappa shape index (κ2) is 8.66. The quantitative estimate of drug-likeness (QED) is 0.377. The summed E-state index contributed by atoms with van der Waals surface area (Å²) in [4.78, 5) is 13.6. The molecular formula is C25H24N6O2S. The minimum absolute atomic E-state index is 0.0581. The number of nitrogens with zero attached hydrogens (tertiary/aromatic N) is 5. The molecular weight excluding hydrogens is 448 g/mol. The van der Waals surface area contributed by atoms with E-state index in [1.54, 1.807) is 22.3 Å². The molecule has 0 unspecified atom stereocenters. The highest BCUT2D eigenvalue weighted by Crippen LogP contribution is 2.38. The van der Waals surface area contributed by atoms with Crippen LogP contribution in [0, 0.1) is 5.92 Å². The molecule has 172 valence electrons. The summed E-state index contributed by atoms with van der Waals surface area (Å²) in [5.41, 5.74) is 6.62. The first-order chi connectivity index (χ1) is 16.6. The van der Waals surface area contributed by atoms with Crippen molar-refractivity contribution in [1.29, 1.82) is 0 Å². The lowest BCUT2D eigenvalue weighted by molar-refractivity contribution is -0.0158. The zero-order valence-corrected chi connectivity index (χ0v) is 19.7. The summed E-state index contributed by atoms with van der Waals surface area (Å²) >= 11 is 1.62. The maximum Gasteiger partial charge on any atom is 0.145 e. The molecule has 1 saturated heterocycles. The second-order valence-electron chi connectivity index (χ2n) is 8.65. The molecule has 0 saturated carbocycles. The van der Waals surface area contributed by atoms with E-state index in [0.29, 0.717) is 24.9 Å². The highest BCUT2D eigenvalue weighted by molar-refractivity contribution is 7.16. The Labute approximate surface area is 200 Å². The molecule has 5 aromatic rings. The van der Waals surface area contributed by atoms with Gasteiger partial charge in [0.1, 0.15) is 24.0 Å². The topological polar surface area (TPSA) is 87.0 Å². The molecule has 3 aromatic heterocycles. The molecule has 34 heavy (non-hydrogen) atoms. The molecule has 4 heterocycles. The van der Waals surface area contributed by atoms with Crippen molar-refractivity contribution in [2.75, 3.05) is 18.5 Å². The van der Waals surface area contributed by atoms with E-state index in [0.717, 1.165) is 50.1 Å². The number of aryl methyl sites for hydroxylation is 1. The first-order valence-electron chi connectivity index (χ1n) is 11.3. The van der Waals surface area contributed by atoms with Crippen molar-refractivity contribution in [3.63, 3.8) is 0 Å². The minimum atomic E-state index is 0.0581. The van der Waals surface area contributed by atoms with Crippen molar-refractivity contribution in [1.82, 2.24) is 24.7 Å². The molecule has 6 rings (SSSR count). The van der Waals surface area contributed by atoms with E-state index in [-0.39, 0.29) is 6.10 Å². The normalized spacial score (nSPS) is 18.4. The summed E-state index contributed by atoms with van der Waals surface area (Å²) < 4.78 is 15.2. The van der Waals surface area contributed by atoms with Crippen LogP contribution < -0.4 is 10.1 Å². The predicted octanol–water partition coefficient (Wildman–Crippen LogP) is 5.19. The number of fused-ring (bicyclic) bond motifs is 2. The number of benzene rings is 2. The molecule has 8 nitrogen and oxygen atoms in total. The SMILES string of the molecule is C[C@H]1COCC[C@@H]1Oc1cc(-c2cnn(C)c2)cc2ncnc(Nc3ccc4ncsc4c3)c12. The Morgan fingerprint density at radius 1 is 1.12 bits per heavy atom. The van der Waals surface area contributed by atoms with E-state index < -0.39 is 0 Å². The van der Waals surface area contributed by atoms with E-state index >= 15 is 0 Å². The molecule has 1 aliphatic heterocycles. The molecule has 0 radical (unpaired) electrons. The van der Waals surface area contributed by atoms with Crippen molar-refractivity contribution in [3.05, 3.63) is 54.6 Å². The molecule has 0 bridgehead atoms. The molecule has 0 spiro atoms. The third-order valence-corrected chi connectivity index (χ3v) is 6.97. The van der Waals surface area contributed by atoms with Crippen molar-refractivity contribution >= 4 is 44.0 Å². The van der Waals surface area contributed by atoms with Gasteiger partial charge >= 0.3 is 0 Å². The van der Waals surface area contributed by atoms with Gasteiger partial charge in [-0.2, -0.15) is 5.10 Å². The first kappa shape index (κ1) is 21.0. The summed E-state index contributed by atoms with van der Waals surface area (Å²) in [6, 6.07) is 10.3. The maximum absolute atomic E-state index is 6.65. The molecule has 2 aromatic carbocycles. The van der Waals surface area contributed by atoms with E-state index in [9.17, 15) is 0 Å². The van der Waals surface area contributed by atoms with Crippen molar-refractivity contribution in [2.24, 2.45) is 13.0 Å². The molecule has 1 aliphatic rings. The summed E-state index contributed by atoms with van der Waals surface area (Å²) in [6.45, 7) is 3.56. The third-order valence-electron chi connectivity index (χ3n) is 6.17. The van der Waals surface area contributed by atoms with E-state index in [2.05, 4.69) is 50.5 Å². The second-order valence-corrected chi connectivity index (χ2v) is 9.54. The number of hydrogen-bond donors (Lipinski definition) is 1. The Morgan fingerprint density at radius 2 is 2.06 bits per heavy atom. The Kier molecular flexibility index (Phi) is 5.35. The zero-order valence-electron chi connectivity index (χ0n) is 18.9. The summed E-state index contributed by atoms with van der Waals surface area (Å²) in [5, 5.41) is 8.68. The monoisotopic (exact) mass is 472 g/mol. The standard InChI is InChI=1S/C25H24N6O2S/c1-15-12-32-6-5-21(15)33-22-8-16(17-10-29-31(2)11-17)7-20-24(22)25(27-13-26-20)30-18-3-4-19-23(9-18)34-14-28-19/h3-4,7-11,13-15,21H,5-6,12H2,1-2H3,(H,26,27,30)/t15-,21-/m0/s1. The van der Waals surface area contributed by atoms with E-state index in [1.807, 2.05) is 37.1 Å². The van der Waals surface area contributed by atoms with Gasteiger partial charge in [-0.3, -0.25) is 4.68 Å². The van der Waals surface area contributed by atoms with Crippen molar-refractivity contribution in [2.45, 2.75) is 19.4 Å². The Bertz CT molecular complexity index is 1480. The van der Waals surface area contributed by atoms with Crippen LogP contribution in [0.1, 0.15) is 13.3 Å². The van der Waals surface area contributed by atoms with Crippen LogP contribution in [0.2, 0.25) is 0 Å². The number of ether oxygens (including phenoxy) is 2. The van der Waals surface area contributed by atoms with Gasteiger partial charge in [0, 0.05) is 36.8 Å². The first-order valence-corrected chi connectivity index (χ1v) is 12.1.